The van der Waals surface area contributed by atoms with Gasteiger partial charge in [-0.2, -0.15) is 13.2 Å². The topological polar surface area (TPSA) is 67.2 Å². The number of carbonyl (C=O) groups is 1. The number of nitrogen functional groups attached to an aromatic ring is 1. The van der Waals surface area contributed by atoms with Crippen LogP contribution < -0.4 is 16.4 Å². The molecule has 4 nitrogen and oxygen atoms in total. The molecule has 0 fully saturated rings. The Morgan fingerprint density at radius 2 is 1.59 bits per heavy atom. The molecule has 10 heteroatoms. The van der Waals surface area contributed by atoms with Gasteiger partial charge in [0.05, 0.1) is 22.6 Å². The van der Waals surface area contributed by atoms with Gasteiger partial charge in [-0.3, -0.25) is 4.79 Å². The van der Waals surface area contributed by atoms with Gasteiger partial charge in [0.1, 0.15) is 6.17 Å². The van der Waals surface area contributed by atoms with Gasteiger partial charge in [0, 0.05) is 6.54 Å². The molecular formula is C24H29F6N3O. The van der Waals surface area contributed by atoms with E-state index in [1.807, 2.05) is 6.92 Å². The molecule has 0 spiro atoms. The molecule has 4 N–H and O–H groups in total. The summed E-state index contributed by atoms with van der Waals surface area (Å²) in [4.78, 5) is 12.0. The van der Waals surface area contributed by atoms with Crippen molar-refractivity contribution < 1.29 is 31.1 Å². The second kappa shape index (κ2) is 12.5. The van der Waals surface area contributed by atoms with Crippen LogP contribution in [-0.4, -0.2) is 18.3 Å². The third kappa shape index (κ3) is 7.85. The van der Waals surface area contributed by atoms with Crippen molar-refractivity contribution in [2.45, 2.75) is 70.5 Å². The van der Waals surface area contributed by atoms with E-state index in [-0.39, 0.29) is 24.3 Å². The standard InChI is InChI=1S/C24H29F6N3O/c1-2-3-4-5-6-7-17(25)20(26)23(34)33-19-13-12-18(21(27)22(19)31)32-14-15-8-10-16(11-9-15)24(28,29)30/h8-13,17,20,32H,2-7,14,31H2,1H3,(H,33,34)/t17-,20+/m0/s1. The highest BCUT2D eigenvalue weighted by molar-refractivity contribution is 5.97. The van der Waals surface area contributed by atoms with Gasteiger partial charge in [0.2, 0.25) is 6.17 Å². The fourth-order valence-electron chi connectivity index (χ4n) is 3.30. The summed E-state index contributed by atoms with van der Waals surface area (Å²) >= 11 is 0. The van der Waals surface area contributed by atoms with E-state index in [0.717, 1.165) is 37.8 Å². The van der Waals surface area contributed by atoms with Crippen LogP contribution >= 0.6 is 0 Å². The number of unbranched alkanes of at least 4 members (excludes halogenated alkanes) is 4. The number of rotatable bonds is 12. The zero-order chi connectivity index (χ0) is 25.3. The van der Waals surface area contributed by atoms with Gasteiger partial charge in [-0.25, -0.2) is 13.2 Å². The second-order valence-corrected chi connectivity index (χ2v) is 8.05. The lowest BCUT2D eigenvalue weighted by Crippen LogP contribution is -2.32. The zero-order valence-corrected chi connectivity index (χ0v) is 18.8. The number of alkyl halides is 5. The van der Waals surface area contributed by atoms with Gasteiger partial charge in [-0.05, 0) is 36.2 Å². The van der Waals surface area contributed by atoms with Crippen molar-refractivity contribution in [3.05, 3.63) is 53.3 Å². The van der Waals surface area contributed by atoms with Crippen LogP contribution in [0, 0.1) is 5.82 Å². The molecule has 0 saturated carbocycles. The number of carbonyl (C=O) groups excluding carboxylic acids is 1. The molecule has 0 heterocycles. The summed E-state index contributed by atoms with van der Waals surface area (Å²) in [6.45, 7) is 2.05. The fourth-order valence-corrected chi connectivity index (χ4v) is 3.30. The third-order valence-electron chi connectivity index (χ3n) is 5.35. The van der Waals surface area contributed by atoms with E-state index in [9.17, 15) is 31.1 Å². The normalized spacial score (nSPS) is 13.4. The highest BCUT2D eigenvalue weighted by atomic mass is 19.4. The number of halogens is 6. The van der Waals surface area contributed by atoms with Crippen LogP contribution in [-0.2, 0) is 17.5 Å². The van der Waals surface area contributed by atoms with Crippen molar-refractivity contribution in [2.24, 2.45) is 0 Å². The largest absolute Gasteiger partial charge is 0.416 e. The number of hydrogen-bond acceptors (Lipinski definition) is 3. The highest BCUT2D eigenvalue weighted by Crippen LogP contribution is 2.31. The van der Waals surface area contributed by atoms with Crippen molar-refractivity contribution >= 4 is 23.0 Å². The minimum Gasteiger partial charge on any atom is -0.395 e. The van der Waals surface area contributed by atoms with Crippen molar-refractivity contribution in [2.75, 3.05) is 16.4 Å². The Labute approximate surface area is 194 Å². The summed E-state index contributed by atoms with van der Waals surface area (Å²) in [7, 11) is 0. The maximum absolute atomic E-state index is 14.6. The zero-order valence-electron chi connectivity index (χ0n) is 18.8. The monoisotopic (exact) mass is 489 g/mol. The van der Waals surface area contributed by atoms with E-state index in [1.54, 1.807) is 0 Å². The molecule has 0 unspecified atom stereocenters. The molecule has 1 amide bonds. The number of amides is 1. The van der Waals surface area contributed by atoms with Crippen molar-refractivity contribution in [3.63, 3.8) is 0 Å². The lowest BCUT2D eigenvalue weighted by molar-refractivity contribution is -0.137. The molecule has 2 atom stereocenters. The first kappa shape index (κ1) is 27.3. The molecule has 34 heavy (non-hydrogen) atoms. The maximum atomic E-state index is 14.6. The first-order valence-corrected chi connectivity index (χ1v) is 11.1. The molecule has 188 valence electrons. The molecule has 2 rings (SSSR count). The number of benzene rings is 2. The lowest BCUT2D eigenvalue weighted by atomic mass is 10.1. The van der Waals surface area contributed by atoms with Crippen molar-refractivity contribution in [3.8, 4) is 0 Å². The Morgan fingerprint density at radius 3 is 2.21 bits per heavy atom. The summed E-state index contributed by atoms with van der Waals surface area (Å²) in [5, 5.41) is 4.81. The molecule has 0 saturated heterocycles. The predicted octanol–water partition coefficient (Wildman–Crippen LogP) is 7.01. The smallest absolute Gasteiger partial charge is 0.395 e. The Bertz CT molecular complexity index is 934. The molecule has 0 radical (unpaired) electrons. The number of anilines is 3. The molecule has 0 aromatic heterocycles. The van der Waals surface area contributed by atoms with Gasteiger partial charge in [-0.1, -0.05) is 51.2 Å². The van der Waals surface area contributed by atoms with E-state index in [1.165, 1.54) is 24.3 Å². The summed E-state index contributed by atoms with van der Waals surface area (Å²) in [5.74, 6) is -2.19. The average molecular weight is 490 g/mol. The van der Waals surface area contributed by atoms with E-state index < -0.39 is 41.5 Å². The minimum atomic E-state index is -4.46. The van der Waals surface area contributed by atoms with Gasteiger partial charge < -0.3 is 16.4 Å². The van der Waals surface area contributed by atoms with Crippen LogP contribution in [0.25, 0.3) is 0 Å². The summed E-state index contributed by atoms with van der Waals surface area (Å²) in [5.41, 5.74) is 4.61. The molecule has 0 aliphatic carbocycles. The SMILES string of the molecule is CCCCCCC[C@H](F)[C@@H](F)C(=O)Nc1ccc(NCc2ccc(C(F)(F)F)cc2)c(F)c1N. The summed E-state index contributed by atoms with van der Waals surface area (Å²) in [6, 6.07) is 6.80. The summed E-state index contributed by atoms with van der Waals surface area (Å²) < 4.78 is 80.7. The van der Waals surface area contributed by atoms with Gasteiger partial charge in [-0.15, -0.1) is 0 Å². The quantitative estimate of drug-likeness (QED) is 0.171. The molecule has 2 aromatic rings. The van der Waals surface area contributed by atoms with Crippen molar-refractivity contribution in [1.82, 2.24) is 0 Å². The van der Waals surface area contributed by atoms with Gasteiger partial charge >= 0.3 is 6.18 Å². The minimum absolute atomic E-state index is 0.00848. The van der Waals surface area contributed by atoms with Crippen LogP contribution in [0.2, 0.25) is 0 Å². The highest BCUT2D eigenvalue weighted by Gasteiger charge is 2.30. The average Bonchev–Trinajstić information content (AvgIpc) is 2.80. The predicted molar refractivity (Wildman–Crippen MR) is 121 cm³/mol. The maximum Gasteiger partial charge on any atom is 0.416 e. The fraction of sp³-hybridized carbons (Fsp3) is 0.458. The van der Waals surface area contributed by atoms with Crippen LogP contribution in [0.1, 0.15) is 56.6 Å². The van der Waals surface area contributed by atoms with E-state index in [2.05, 4.69) is 10.6 Å². The van der Waals surface area contributed by atoms with Crippen LogP contribution in [0.4, 0.5) is 43.4 Å². The first-order chi connectivity index (χ1) is 16.0. The Balaban J connectivity index is 1.93. The molecule has 2 aromatic carbocycles. The van der Waals surface area contributed by atoms with Crippen LogP contribution in [0.5, 0.6) is 0 Å². The molecule has 0 aliphatic heterocycles. The number of hydrogen-bond donors (Lipinski definition) is 3. The Kier molecular flexibility index (Phi) is 10.1. The first-order valence-electron chi connectivity index (χ1n) is 11.1. The summed E-state index contributed by atoms with van der Waals surface area (Å²) in [6.07, 6.45) is -4.76. The number of nitrogens with two attached hydrogens (primary N) is 1. The molecule has 0 aliphatic rings. The number of nitrogens with one attached hydrogen (secondary N) is 2. The molecular weight excluding hydrogens is 460 g/mol. The third-order valence-corrected chi connectivity index (χ3v) is 5.35. The van der Waals surface area contributed by atoms with Crippen LogP contribution in [0.15, 0.2) is 36.4 Å². The molecule has 0 bridgehead atoms. The van der Waals surface area contributed by atoms with Crippen molar-refractivity contribution in [1.29, 1.82) is 0 Å². The van der Waals surface area contributed by atoms with E-state index in [0.29, 0.717) is 12.0 Å². The Morgan fingerprint density at radius 1 is 0.971 bits per heavy atom. The second-order valence-electron chi connectivity index (χ2n) is 8.05. The van der Waals surface area contributed by atoms with E-state index >= 15 is 0 Å². The Hall–Kier alpha value is -2.91. The van der Waals surface area contributed by atoms with E-state index in [4.69, 9.17) is 5.73 Å². The van der Waals surface area contributed by atoms with Crippen LogP contribution in [0.3, 0.4) is 0 Å². The lowest BCUT2D eigenvalue weighted by Gasteiger charge is -2.16. The van der Waals surface area contributed by atoms with Gasteiger partial charge in [0.15, 0.2) is 5.82 Å². The van der Waals surface area contributed by atoms with Gasteiger partial charge in [0.25, 0.3) is 5.91 Å².